The fraction of sp³-hybridized carbons (Fsp3) is 0.500. The molecule has 1 aliphatic carbocycles. The van der Waals surface area contributed by atoms with Gasteiger partial charge in [0.25, 0.3) is 0 Å². The summed E-state index contributed by atoms with van der Waals surface area (Å²) in [5, 5.41) is 4.30. The Bertz CT molecular complexity index is 416. The first kappa shape index (κ1) is 8.89. The number of fused-ring (bicyclic) bond motifs is 3. The molecule has 2 aliphatic rings. The van der Waals surface area contributed by atoms with Gasteiger partial charge in [0.2, 0.25) is 0 Å². The first-order chi connectivity index (χ1) is 7.38. The summed E-state index contributed by atoms with van der Waals surface area (Å²) in [6.45, 7) is 4.17. The molecule has 2 atom stereocenters. The first-order valence-electron chi connectivity index (χ1n) is 5.63. The van der Waals surface area contributed by atoms with Gasteiger partial charge < -0.3 is 0 Å². The zero-order chi connectivity index (χ0) is 10.3. The Morgan fingerprint density at radius 2 is 2.33 bits per heavy atom. The highest BCUT2D eigenvalue weighted by atomic mass is 15.4. The molecule has 0 fully saturated rings. The SMILES string of the molecule is C=C1c2ncnn2C2/C=C\CCCCC12. The van der Waals surface area contributed by atoms with Gasteiger partial charge in [0.05, 0.1) is 6.04 Å². The molecule has 2 unspecified atom stereocenters. The standard InChI is InChI=1S/C12H15N3/c1-9-10-6-4-2-3-5-7-11(10)15-12(9)13-8-14-15/h5,7-8,10-11H,1-4,6H2/b7-5-. The maximum absolute atomic E-state index is 4.30. The zero-order valence-corrected chi connectivity index (χ0v) is 8.76. The van der Waals surface area contributed by atoms with E-state index in [4.69, 9.17) is 0 Å². The molecular weight excluding hydrogens is 186 g/mol. The average Bonchev–Trinajstić information content (AvgIpc) is 2.72. The van der Waals surface area contributed by atoms with E-state index in [1.807, 2.05) is 4.68 Å². The van der Waals surface area contributed by atoms with Crippen molar-refractivity contribution < 1.29 is 0 Å². The normalized spacial score (nSPS) is 31.6. The predicted octanol–water partition coefficient (Wildman–Crippen LogP) is 2.59. The van der Waals surface area contributed by atoms with Gasteiger partial charge in [-0.2, -0.15) is 5.10 Å². The van der Waals surface area contributed by atoms with E-state index in [0.717, 1.165) is 5.82 Å². The van der Waals surface area contributed by atoms with E-state index < -0.39 is 0 Å². The second-order valence-electron chi connectivity index (χ2n) is 4.36. The van der Waals surface area contributed by atoms with Crippen LogP contribution in [0.15, 0.2) is 25.1 Å². The number of aromatic nitrogens is 3. The van der Waals surface area contributed by atoms with Crippen LogP contribution in [0.3, 0.4) is 0 Å². The molecule has 0 radical (unpaired) electrons. The molecule has 1 aromatic heterocycles. The largest absolute Gasteiger partial charge is 0.238 e. The van der Waals surface area contributed by atoms with Crippen molar-refractivity contribution in [2.45, 2.75) is 31.7 Å². The average molecular weight is 201 g/mol. The van der Waals surface area contributed by atoms with Crippen LogP contribution in [0.1, 0.15) is 37.5 Å². The lowest BCUT2D eigenvalue weighted by molar-refractivity contribution is 0.425. The minimum Gasteiger partial charge on any atom is -0.238 e. The Morgan fingerprint density at radius 3 is 3.27 bits per heavy atom. The molecule has 2 heterocycles. The van der Waals surface area contributed by atoms with Gasteiger partial charge in [-0.1, -0.05) is 25.2 Å². The number of nitrogens with zero attached hydrogens (tertiary/aromatic N) is 3. The monoisotopic (exact) mass is 201 g/mol. The molecule has 0 saturated heterocycles. The topological polar surface area (TPSA) is 30.7 Å². The highest BCUT2D eigenvalue weighted by Crippen LogP contribution is 2.42. The van der Waals surface area contributed by atoms with Gasteiger partial charge in [0.1, 0.15) is 6.33 Å². The quantitative estimate of drug-likeness (QED) is 0.604. The molecule has 1 aliphatic heterocycles. The molecular formula is C12H15N3. The van der Waals surface area contributed by atoms with E-state index in [1.165, 1.54) is 31.3 Å². The molecule has 0 bridgehead atoms. The summed E-state index contributed by atoms with van der Waals surface area (Å²) in [4.78, 5) is 4.28. The maximum atomic E-state index is 4.30. The molecule has 3 heteroatoms. The van der Waals surface area contributed by atoms with Crippen molar-refractivity contribution in [3.05, 3.63) is 30.9 Å². The summed E-state index contributed by atoms with van der Waals surface area (Å²) in [5.41, 5.74) is 1.17. The molecule has 3 rings (SSSR count). The van der Waals surface area contributed by atoms with Crippen molar-refractivity contribution in [3.63, 3.8) is 0 Å². The Kier molecular flexibility index (Phi) is 1.97. The van der Waals surface area contributed by atoms with E-state index in [-0.39, 0.29) is 0 Å². The van der Waals surface area contributed by atoms with Gasteiger partial charge in [0, 0.05) is 5.92 Å². The van der Waals surface area contributed by atoms with Crippen LogP contribution in [-0.2, 0) is 0 Å². The number of hydrogen-bond donors (Lipinski definition) is 0. The summed E-state index contributed by atoms with van der Waals surface area (Å²) in [6, 6.07) is 0.371. The first-order valence-corrected chi connectivity index (χ1v) is 5.63. The van der Waals surface area contributed by atoms with Crippen molar-refractivity contribution in [2.75, 3.05) is 0 Å². The number of hydrogen-bond acceptors (Lipinski definition) is 2. The molecule has 3 nitrogen and oxygen atoms in total. The van der Waals surface area contributed by atoms with Crippen LogP contribution in [0, 0.1) is 5.92 Å². The van der Waals surface area contributed by atoms with Crippen molar-refractivity contribution in [1.29, 1.82) is 0 Å². The smallest absolute Gasteiger partial charge is 0.154 e. The minimum absolute atomic E-state index is 0.371. The van der Waals surface area contributed by atoms with Gasteiger partial charge in [-0.05, 0) is 24.8 Å². The van der Waals surface area contributed by atoms with E-state index in [1.54, 1.807) is 6.33 Å². The summed E-state index contributed by atoms with van der Waals surface area (Å²) >= 11 is 0. The number of rotatable bonds is 0. The highest BCUT2D eigenvalue weighted by molar-refractivity contribution is 5.63. The van der Waals surface area contributed by atoms with Crippen molar-refractivity contribution >= 4 is 5.57 Å². The van der Waals surface area contributed by atoms with Crippen molar-refractivity contribution in [2.24, 2.45) is 5.92 Å². The van der Waals surface area contributed by atoms with E-state index >= 15 is 0 Å². The minimum atomic E-state index is 0.371. The van der Waals surface area contributed by atoms with E-state index in [0.29, 0.717) is 12.0 Å². The van der Waals surface area contributed by atoms with Gasteiger partial charge in [-0.15, -0.1) is 0 Å². The van der Waals surface area contributed by atoms with Gasteiger partial charge >= 0.3 is 0 Å². The Balaban J connectivity index is 2.04. The van der Waals surface area contributed by atoms with E-state index in [9.17, 15) is 0 Å². The Labute approximate surface area is 89.5 Å². The van der Waals surface area contributed by atoms with Gasteiger partial charge in [-0.25, -0.2) is 9.67 Å². The molecule has 15 heavy (non-hydrogen) atoms. The maximum Gasteiger partial charge on any atom is 0.154 e. The molecule has 0 saturated carbocycles. The third kappa shape index (κ3) is 1.26. The fourth-order valence-corrected chi connectivity index (χ4v) is 2.66. The number of allylic oxidation sites excluding steroid dienone is 3. The fourth-order valence-electron chi connectivity index (χ4n) is 2.66. The summed E-state index contributed by atoms with van der Waals surface area (Å²) < 4.78 is 2.02. The summed E-state index contributed by atoms with van der Waals surface area (Å²) in [7, 11) is 0. The lowest BCUT2D eigenvalue weighted by atomic mass is 9.88. The van der Waals surface area contributed by atoms with Gasteiger partial charge in [-0.3, -0.25) is 0 Å². The van der Waals surface area contributed by atoms with Crippen LogP contribution in [0.25, 0.3) is 5.57 Å². The van der Waals surface area contributed by atoms with E-state index in [2.05, 4.69) is 28.8 Å². The van der Waals surface area contributed by atoms with Gasteiger partial charge in [0.15, 0.2) is 5.82 Å². The Morgan fingerprint density at radius 1 is 1.40 bits per heavy atom. The molecule has 78 valence electrons. The van der Waals surface area contributed by atoms with Crippen LogP contribution < -0.4 is 0 Å². The second kappa shape index (κ2) is 3.33. The molecule has 0 N–H and O–H groups in total. The third-order valence-electron chi connectivity index (χ3n) is 3.47. The molecule has 1 aromatic rings. The van der Waals surface area contributed by atoms with Crippen molar-refractivity contribution in [1.82, 2.24) is 14.8 Å². The van der Waals surface area contributed by atoms with Crippen LogP contribution in [0.5, 0.6) is 0 Å². The zero-order valence-electron chi connectivity index (χ0n) is 8.76. The van der Waals surface area contributed by atoms with Crippen LogP contribution in [-0.4, -0.2) is 14.8 Å². The second-order valence-corrected chi connectivity index (χ2v) is 4.36. The predicted molar refractivity (Wildman–Crippen MR) is 59.2 cm³/mol. The lowest BCUT2D eigenvalue weighted by Gasteiger charge is -2.19. The summed E-state index contributed by atoms with van der Waals surface area (Å²) in [6.07, 6.45) is 11.2. The van der Waals surface area contributed by atoms with Crippen LogP contribution in [0.2, 0.25) is 0 Å². The molecule has 0 amide bonds. The lowest BCUT2D eigenvalue weighted by Crippen LogP contribution is -2.12. The summed E-state index contributed by atoms with van der Waals surface area (Å²) in [5.74, 6) is 1.51. The Hall–Kier alpha value is -1.38. The highest BCUT2D eigenvalue weighted by Gasteiger charge is 2.35. The third-order valence-corrected chi connectivity index (χ3v) is 3.47. The molecule has 0 aromatic carbocycles. The van der Waals surface area contributed by atoms with Crippen LogP contribution in [0.4, 0.5) is 0 Å². The van der Waals surface area contributed by atoms with Crippen LogP contribution >= 0.6 is 0 Å². The molecule has 0 spiro atoms. The van der Waals surface area contributed by atoms with Crippen molar-refractivity contribution in [3.8, 4) is 0 Å².